The van der Waals surface area contributed by atoms with Gasteiger partial charge in [0.05, 0.1) is 11.4 Å². The molecular weight excluding hydrogens is 238 g/mol. The van der Waals surface area contributed by atoms with Gasteiger partial charge in [-0.1, -0.05) is 12.1 Å². The average molecular weight is 257 g/mol. The van der Waals surface area contributed by atoms with E-state index in [1.54, 1.807) is 0 Å². The molecule has 0 aliphatic carbocycles. The van der Waals surface area contributed by atoms with E-state index < -0.39 is 0 Å². The van der Waals surface area contributed by atoms with Crippen LogP contribution in [0, 0.1) is 13.8 Å². The molecule has 0 bridgehead atoms. The molecule has 0 fully saturated rings. The quantitative estimate of drug-likeness (QED) is 0.912. The maximum atomic E-state index is 10.8. The highest BCUT2D eigenvalue weighted by Crippen LogP contribution is 2.13. The van der Waals surface area contributed by atoms with Gasteiger partial charge in [-0.2, -0.15) is 5.10 Å². The lowest BCUT2D eigenvalue weighted by Crippen LogP contribution is -2.22. The Morgan fingerprint density at radius 2 is 1.95 bits per heavy atom. The monoisotopic (exact) mass is 257 g/mol. The Kier molecular flexibility index (Phi) is 4.00. The van der Waals surface area contributed by atoms with E-state index in [2.05, 4.69) is 40.7 Å². The van der Waals surface area contributed by atoms with Crippen LogP contribution in [-0.4, -0.2) is 22.2 Å². The number of benzene rings is 1. The van der Waals surface area contributed by atoms with Crippen LogP contribution >= 0.6 is 0 Å². The fraction of sp³-hybridized carbons (Fsp3) is 0.333. The lowest BCUT2D eigenvalue weighted by Gasteiger charge is -2.06. The smallest absolute Gasteiger partial charge is 0.216 e. The van der Waals surface area contributed by atoms with Gasteiger partial charge < -0.3 is 5.32 Å². The molecule has 1 N–H and O–H groups in total. The van der Waals surface area contributed by atoms with E-state index in [4.69, 9.17) is 0 Å². The summed E-state index contributed by atoms with van der Waals surface area (Å²) < 4.78 is 1.94. The minimum Gasteiger partial charge on any atom is -0.356 e. The van der Waals surface area contributed by atoms with Gasteiger partial charge in [0, 0.05) is 19.2 Å². The summed E-state index contributed by atoms with van der Waals surface area (Å²) in [5.41, 5.74) is 4.42. The first kappa shape index (κ1) is 13.3. The predicted molar refractivity (Wildman–Crippen MR) is 75.4 cm³/mol. The Balaban J connectivity index is 2.06. The average Bonchev–Trinajstić information content (AvgIpc) is 2.69. The van der Waals surface area contributed by atoms with Crippen LogP contribution in [0.4, 0.5) is 0 Å². The number of hydrogen-bond donors (Lipinski definition) is 1. The van der Waals surface area contributed by atoms with Gasteiger partial charge in [0.25, 0.3) is 0 Å². The van der Waals surface area contributed by atoms with Crippen molar-refractivity contribution in [2.24, 2.45) is 0 Å². The zero-order valence-electron chi connectivity index (χ0n) is 11.6. The fourth-order valence-electron chi connectivity index (χ4n) is 2.08. The SMILES string of the molecule is CC(=O)NCCc1ccc(-n2nc(C)cc2C)cc1. The van der Waals surface area contributed by atoms with Gasteiger partial charge in [-0.3, -0.25) is 4.79 Å². The van der Waals surface area contributed by atoms with Crippen LogP contribution in [-0.2, 0) is 11.2 Å². The molecule has 4 nitrogen and oxygen atoms in total. The van der Waals surface area contributed by atoms with Crippen molar-refractivity contribution in [3.05, 3.63) is 47.3 Å². The Hall–Kier alpha value is -2.10. The first-order chi connectivity index (χ1) is 9.06. The third-order valence-corrected chi connectivity index (χ3v) is 2.98. The van der Waals surface area contributed by atoms with Crippen LogP contribution in [0.15, 0.2) is 30.3 Å². The number of nitrogens with zero attached hydrogens (tertiary/aromatic N) is 2. The van der Waals surface area contributed by atoms with Crippen molar-refractivity contribution in [3.8, 4) is 5.69 Å². The summed E-state index contributed by atoms with van der Waals surface area (Å²) in [6.45, 7) is 6.25. The van der Waals surface area contributed by atoms with Crippen LogP contribution in [0.25, 0.3) is 5.69 Å². The molecule has 0 aliphatic heterocycles. The van der Waals surface area contributed by atoms with Crippen molar-refractivity contribution in [1.29, 1.82) is 0 Å². The van der Waals surface area contributed by atoms with Crippen molar-refractivity contribution in [1.82, 2.24) is 15.1 Å². The van der Waals surface area contributed by atoms with Crippen LogP contribution < -0.4 is 5.32 Å². The Morgan fingerprint density at radius 1 is 1.26 bits per heavy atom. The highest BCUT2D eigenvalue weighted by molar-refractivity contribution is 5.72. The van der Waals surface area contributed by atoms with Crippen LogP contribution in [0.1, 0.15) is 23.9 Å². The lowest BCUT2D eigenvalue weighted by atomic mass is 10.1. The van der Waals surface area contributed by atoms with Gasteiger partial charge >= 0.3 is 0 Å². The maximum absolute atomic E-state index is 10.8. The maximum Gasteiger partial charge on any atom is 0.216 e. The molecule has 1 aromatic carbocycles. The van der Waals surface area contributed by atoms with Crippen molar-refractivity contribution >= 4 is 5.91 Å². The van der Waals surface area contributed by atoms with Crippen LogP contribution in [0.3, 0.4) is 0 Å². The number of hydrogen-bond acceptors (Lipinski definition) is 2. The van der Waals surface area contributed by atoms with Gasteiger partial charge in [-0.15, -0.1) is 0 Å². The number of aryl methyl sites for hydroxylation is 2. The molecule has 1 aromatic heterocycles. The molecule has 0 aliphatic rings. The molecule has 2 aromatic rings. The molecule has 0 saturated heterocycles. The second-order valence-electron chi connectivity index (χ2n) is 4.74. The summed E-state index contributed by atoms with van der Waals surface area (Å²) in [6.07, 6.45) is 0.844. The van der Waals surface area contributed by atoms with Crippen molar-refractivity contribution in [3.63, 3.8) is 0 Å². The van der Waals surface area contributed by atoms with Gasteiger partial charge in [-0.05, 0) is 44.0 Å². The van der Waals surface area contributed by atoms with Gasteiger partial charge in [0.2, 0.25) is 5.91 Å². The normalized spacial score (nSPS) is 10.5. The molecular formula is C15H19N3O. The molecule has 0 saturated carbocycles. The topological polar surface area (TPSA) is 46.9 Å². The minimum atomic E-state index is 0.0132. The number of amides is 1. The highest BCUT2D eigenvalue weighted by atomic mass is 16.1. The molecule has 19 heavy (non-hydrogen) atoms. The summed E-state index contributed by atoms with van der Waals surface area (Å²) in [5, 5.41) is 7.25. The van der Waals surface area contributed by atoms with E-state index in [9.17, 15) is 4.79 Å². The van der Waals surface area contributed by atoms with E-state index in [1.807, 2.05) is 18.5 Å². The summed E-state index contributed by atoms with van der Waals surface area (Å²) in [7, 11) is 0. The summed E-state index contributed by atoms with van der Waals surface area (Å²) in [5.74, 6) is 0.0132. The Morgan fingerprint density at radius 3 is 2.47 bits per heavy atom. The third-order valence-electron chi connectivity index (χ3n) is 2.98. The first-order valence-electron chi connectivity index (χ1n) is 6.43. The van der Waals surface area contributed by atoms with E-state index in [-0.39, 0.29) is 5.91 Å². The van der Waals surface area contributed by atoms with E-state index in [0.717, 1.165) is 23.5 Å². The number of nitrogens with one attached hydrogen (secondary N) is 1. The summed E-state index contributed by atoms with van der Waals surface area (Å²) >= 11 is 0. The molecule has 100 valence electrons. The first-order valence-corrected chi connectivity index (χ1v) is 6.43. The number of aromatic nitrogens is 2. The van der Waals surface area contributed by atoms with Crippen molar-refractivity contribution in [2.75, 3.05) is 6.54 Å². The lowest BCUT2D eigenvalue weighted by molar-refractivity contribution is -0.118. The second-order valence-corrected chi connectivity index (χ2v) is 4.74. The van der Waals surface area contributed by atoms with Crippen LogP contribution in [0.5, 0.6) is 0 Å². The Labute approximate surface area is 113 Å². The van der Waals surface area contributed by atoms with E-state index in [0.29, 0.717) is 6.54 Å². The zero-order chi connectivity index (χ0) is 13.8. The molecule has 0 spiro atoms. The molecule has 0 unspecified atom stereocenters. The number of carbonyl (C=O) groups excluding carboxylic acids is 1. The van der Waals surface area contributed by atoms with Crippen LogP contribution in [0.2, 0.25) is 0 Å². The Bertz CT molecular complexity index is 570. The predicted octanol–water partition coefficient (Wildman–Crippen LogP) is 2.17. The van der Waals surface area contributed by atoms with Gasteiger partial charge in [-0.25, -0.2) is 4.68 Å². The van der Waals surface area contributed by atoms with E-state index >= 15 is 0 Å². The molecule has 0 radical (unpaired) electrons. The highest BCUT2D eigenvalue weighted by Gasteiger charge is 2.03. The third kappa shape index (κ3) is 3.44. The van der Waals surface area contributed by atoms with Crippen molar-refractivity contribution in [2.45, 2.75) is 27.2 Å². The molecule has 1 heterocycles. The second kappa shape index (κ2) is 5.69. The molecule has 1 amide bonds. The summed E-state index contributed by atoms with van der Waals surface area (Å²) in [4.78, 5) is 10.8. The largest absolute Gasteiger partial charge is 0.356 e. The molecule has 4 heteroatoms. The summed E-state index contributed by atoms with van der Waals surface area (Å²) in [6, 6.07) is 10.3. The van der Waals surface area contributed by atoms with Gasteiger partial charge in [0.15, 0.2) is 0 Å². The number of carbonyl (C=O) groups is 1. The van der Waals surface area contributed by atoms with Crippen molar-refractivity contribution < 1.29 is 4.79 Å². The minimum absolute atomic E-state index is 0.0132. The van der Waals surface area contributed by atoms with E-state index in [1.165, 1.54) is 12.5 Å². The van der Waals surface area contributed by atoms with Gasteiger partial charge in [0.1, 0.15) is 0 Å². The zero-order valence-corrected chi connectivity index (χ0v) is 11.6. The standard InChI is InChI=1S/C15H19N3O/c1-11-10-12(2)18(17-11)15-6-4-14(5-7-15)8-9-16-13(3)19/h4-7,10H,8-9H2,1-3H3,(H,16,19). The number of rotatable bonds is 4. The fourth-order valence-corrected chi connectivity index (χ4v) is 2.08. The molecule has 2 rings (SSSR count). The molecule has 0 atom stereocenters.